The van der Waals surface area contributed by atoms with Crippen LogP contribution in [0, 0.1) is 11.2 Å². The lowest BCUT2D eigenvalue weighted by Gasteiger charge is -2.34. The quantitative estimate of drug-likeness (QED) is 0.862. The lowest BCUT2D eigenvalue weighted by molar-refractivity contribution is 0.0905. The van der Waals surface area contributed by atoms with Crippen molar-refractivity contribution in [2.75, 3.05) is 0 Å². The second kappa shape index (κ2) is 5.61. The van der Waals surface area contributed by atoms with Crippen LogP contribution in [0.2, 0.25) is 0 Å². The van der Waals surface area contributed by atoms with Crippen LogP contribution in [-0.4, -0.2) is 11.9 Å². The van der Waals surface area contributed by atoms with E-state index in [1.54, 1.807) is 12.1 Å². The number of carbonyl (C=O) groups excluding carboxylic acids is 1. The molecule has 0 radical (unpaired) electrons. The predicted molar refractivity (Wildman–Crippen MR) is 77.6 cm³/mol. The molecule has 2 nitrogen and oxygen atoms in total. The third-order valence-electron chi connectivity index (χ3n) is 3.87. The zero-order valence-corrected chi connectivity index (χ0v) is 12.9. The molecule has 2 rings (SSSR count). The van der Waals surface area contributed by atoms with E-state index < -0.39 is 5.82 Å². The second-order valence-corrected chi connectivity index (χ2v) is 6.87. The van der Waals surface area contributed by atoms with Crippen LogP contribution in [0.25, 0.3) is 0 Å². The Hall–Kier alpha value is -0.900. The molecule has 1 saturated carbocycles. The van der Waals surface area contributed by atoms with Crippen molar-refractivity contribution < 1.29 is 9.18 Å². The van der Waals surface area contributed by atoms with Crippen LogP contribution in [0.5, 0.6) is 0 Å². The van der Waals surface area contributed by atoms with Crippen molar-refractivity contribution >= 4 is 21.8 Å². The lowest BCUT2D eigenvalue weighted by Crippen LogP contribution is -2.39. The van der Waals surface area contributed by atoms with Crippen molar-refractivity contribution in [1.82, 2.24) is 5.32 Å². The Balaban J connectivity index is 2.00. The fraction of sp³-hybridized carbons (Fsp3) is 0.533. The van der Waals surface area contributed by atoms with E-state index in [0.717, 1.165) is 25.7 Å². The highest BCUT2D eigenvalue weighted by atomic mass is 79.9. The van der Waals surface area contributed by atoms with Crippen LogP contribution >= 0.6 is 15.9 Å². The molecule has 0 aliphatic heterocycles. The van der Waals surface area contributed by atoms with Crippen molar-refractivity contribution in [1.29, 1.82) is 0 Å². The molecule has 0 spiro atoms. The second-order valence-electron chi connectivity index (χ2n) is 6.01. The number of rotatable bonds is 2. The van der Waals surface area contributed by atoms with Crippen LogP contribution < -0.4 is 5.32 Å². The molecule has 0 saturated heterocycles. The highest BCUT2D eigenvalue weighted by Crippen LogP contribution is 2.35. The topological polar surface area (TPSA) is 29.1 Å². The zero-order chi connectivity index (χ0) is 14.0. The van der Waals surface area contributed by atoms with Gasteiger partial charge in [-0.25, -0.2) is 4.39 Å². The Labute approximate surface area is 121 Å². The molecule has 1 aromatic rings. The van der Waals surface area contributed by atoms with E-state index in [0.29, 0.717) is 9.89 Å². The van der Waals surface area contributed by atoms with Gasteiger partial charge in [0.15, 0.2) is 0 Å². The summed E-state index contributed by atoms with van der Waals surface area (Å²) < 4.78 is 14.1. The Morgan fingerprint density at radius 1 is 1.37 bits per heavy atom. The first kappa shape index (κ1) is 14.5. The first-order valence-electron chi connectivity index (χ1n) is 6.64. The summed E-state index contributed by atoms with van der Waals surface area (Å²) in [4.78, 5) is 12.1. The number of halogens is 2. The van der Waals surface area contributed by atoms with Crippen molar-refractivity contribution in [2.45, 2.75) is 45.6 Å². The summed E-state index contributed by atoms with van der Waals surface area (Å²) in [6.45, 7) is 4.50. The van der Waals surface area contributed by atoms with Crippen LogP contribution in [0.1, 0.15) is 49.9 Å². The van der Waals surface area contributed by atoms with Crippen LogP contribution in [-0.2, 0) is 0 Å². The van der Waals surface area contributed by atoms with E-state index >= 15 is 0 Å². The van der Waals surface area contributed by atoms with E-state index in [1.807, 2.05) is 0 Å². The number of benzene rings is 1. The minimum Gasteiger partial charge on any atom is -0.349 e. The molecule has 0 heterocycles. The molecule has 1 fully saturated rings. The van der Waals surface area contributed by atoms with E-state index in [9.17, 15) is 9.18 Å². The maximum absolute atomic E-state index is 13.8. The van der Waals surface area contributed by atoms with Crippen LogP contribution in [0.3, 0.4) is 0 Å². The Kier molecular flexibility index (Phi) is 4.29. The van der Waals surface area contributed by atoms with Gasteiger partial charge in [0.2, 0.25) is 0 Å². The first-order valence-corrected chi connectivity index (χ1v) is 7.43. The molecule has 1 N–H and O–H groups in total. The lowest BCUT2D eigenvalue weighted by atomic mass is 9.75. The summed E-state index contributed by atoms with van der Waals surface area (Å²) in [5.74, 6) is -0.806. The van der Waals surface area contributed by atoms with Gasteiger partial charge in [0, 0.05) is 6.04 Å². The average molecular weight is 328 g/mol. The van der Waals surface area contributed by atoms with Gasteiger partial charge in [-0.3, -0.25) is 4.79 Å². The van der Waals surface area contributed by atoms with Gasteiger partial charge >= 0.3 is 0 Å². The summed E-state index contributed by atoms with van der Waals surface area (Å²) in [6, 6.07) is 4.95. The van der Waals surface area contributed by atoms with Gasteiger partial charge in [-0.1, -0.05) is 19.9 Å². The van der Waals surface area contributed by atoms with Crippen molar-refractivity contribution in [3.05, 3.63) is 34.1 Å². The summed E-state index contributed by atoms with van der Waals surface area (Å²) in [6.07, 6.45) is 4.13. The highest BCUT2D eigenvalue weighted by molar-refractivity contribution is 9.10. The molecular formula is C15H19BrFNO. The molecule has 0 bridgehead atoms. The summed E-state index contributed by atoms with van der Waals surface area (Å²) >= 11 is 3.10. The molecule has 19 heavy (non-hydrogen) atoms. The number of nitrogens with one attached hydrogen (secondary N) is 1. The standard InChI is InChI=1S/C15H19BrFNO/c1-15(2)8-6-10(7-9-15)18-14(19)11-4-3-5-12(16)13(11)17/h3-5,10H,6-9H2,1-2H3,(H,18,19). The number of amides is 1. The fourth-order valence-corrected chi connectivity index (χ4v) is 2.85. The van der Waals surface area contributed by atoms with Crippen molar-refractivity contribution in [2.24, 2.45) is 5.41 Å². The van der Waals surface area contributed by atoms with Gasteiger partial charge in [-0.05, 0) is 59.2 Å². The maximum Gasteiger partial charge on any atom is 0.254 e. The van der Waals surface area contributed by atoms with Gasteiger partial charge in [0.25, 0.3) is 5.91 Å². The smallest absolute Gasteiger partial charge is 0.254 e. The monoisotopic (exact) mass is 327 g/mol. The van der Waals surface area contributed by atoms with Crippen molar-refractivity contribution in [3.63, 3.8) is 0 Å². The van der Waals surface area contributed by atoms with Gasteiger partial charge < -0.3 is 5.32 Å². The minimum atomic E-state index is -0.490. The largest absolute Gasteiger partial charge is 0.349 e. The van der Waals surface area contributed by atoms with E-state index in [4.69, 9.17) is 0 Å². The molecule has 0 atom stereocenters. The normalized spacial score (nSPS) is 19.2. The van der Waals surface area contributed by atoms with E-state index in [1.165, 1.54) is 6.07 Å². The summed E-state index contributed by atoms with van der Waals surface area (Å²) in [5.41, 5.74) is 0.474. The SMILES string of the molecule is CC1(C)CCC(NC(=O)c2cccc(Br)c2F)CC1. The Bertz CT molecular complexity index is 477. The predicted octanol–water partition coefficient (Wildman–Crippen LogP) is 4.29. The number of hydrogen-bond donors (Lipinski definition) is 1. The van der Waals surface area contributed by atoms with E-state index in [2.05, 4.69) is 35.1 Å². The third kappa shape index (κ3) is 3.56. The van der Waals surface area contributed by atoms with Crippen LogP contribution in [0.15, 0.2) is 22.7 Å². The molecule has 4 heteroatoms. The van der Waals surface area contributed by atoms with Gasteiger partial charge in [0.05, 0.1) is 10.0 Å². The van der Waals surface area contributed by atoms with Crippen molar-refractivity contribution in [3.8, 4) is 0 Å². The Morgan fingerprint density at radius 3 is 2.63 bits per heavy atom. The van der Waals surface area contributed by atoms with E-state index in [-0.39, 0.29) is 17.5 Å². The molecule has 1 aliphatic rings. The number of hydrogen-bond acceptors (Lipinski definition) is 1. The summed E-state index contributed by atoms with van der Waals surface area (Å²) in [5, 5.41) is 2.94. The van der Waals surface area contributed by atoms with Crippen LogP contribution in [0.4, 0.5) is 4.39 Å². The third-order valence-corrected chi connectivity index (χ3v) is 4.48. The molecule has 1 aliphatic carbocycles. The van der Waals surface area contributed by atoms with Gasteiger partial charge in [-0.2, -0.15) is 0 Å². The zero-order valence-electron chi connectivity index (χ0n) is 11.3. The molecule has 104 valence electrons. The molecule has 1 amide bonds. The van der Waals surface area contributed by atoms with Gasteiger partial charge in [0.1, 0.15) is 5.82 Å². The molecule has 0 unspecified atom stereocenters. The molecular weight excluding hydrogens is 309 g/mol. The number of carbonyl (C=O) groups is 1. The molecule has 1 aromatic carbocycles. The minimum absolute atomic E-state index is 0.110. The van der Waals surface area contributed by atoms with Gasteiger partial charge in [-0.15, -0.1) is 0 Å². The Morgan fingerprint density at radius 2 is 2.00 bits per heavy atom. The fourth-order valence-electron chi connectivity index (χ4n) is 2.49. The summed E-state index contributed by atoms with van der Waals surface area (Å²) in [7, 11) is 0. The molecule has 0 aromatic heterocycles. The average Bonchev–Trinajstić information content (AvgIpc) is 2.35. The highest BCUT2D eigenvalue weighted by Gasteiger charge is 2.28. The first-order chi connectivity index (χ1) is 8.89. The maximum atomic E-state index is 13.8.